The second-order valence-electron chi connectivity index (χ2n) is 7.99. The van der Waals surface area contributed by atoms with E-state index in [4.69, 9.17) is 4.74 Å². The maximum Gasteiger partial charge on any atom is 0.344 e. The topological polar surface area (TPSA) is 63.7 Å². The van der Waals surface area contributed by atoms with E-state index in [0.29, 0.717) is 21.2 Å². The molecule has 0 radical (unpaired) electrons. The van der Waals surface area contributed by atoms with Crippen molar-refractivity contribution >= 4 is 61.7 Å². The lowest BCUT2D eigenvalue weighted by Gasteiger charge is -2.12. The van der Waals surface area contributed by atoms with Crippen molar-refractivity contribution in [1.29, 1.82) is 0 Å². The van der Waals surface area contributed by atoms with Crippen molar-refractivity contribution in [3.05, 3.63) is 117 Å². The first kappa shape index (κ1) is 24.0. The number of benzene rings is 4. The van der Waals surface area contributed by atoms with E-state index in [1.54, 1.807) is 30.3 Å². The lowest BCUT2D eigenvalue weighted by molar-refractivity contribution is -0.123. The Morgan fingerprint density at radius 1 is 0.972 bits per heavy atom. The normalized spacial score (nSPS) is 14.6. The number of amides is 2. The van der Waals surface area contributed by atoms with E-state index >= 15 is 0 Å². The number of rotatable bonds is 5. The molecule has 2 amide bonds. The van der Waals surface area contributed by atoms with Crippen molar-refractivity contribution in [1.82, 2.24) is 4.90 Å². The maximum atomic E-state index is 13.2. The largest absolute Gasteiger partial charge is 0.422 e. The fourth-order valence-corrected chi connectivity index (χ4v) is 5.04. The first-order chi connectivity index (χ1) is 17.4. The van der Waals surface area contributed by atoms with Crippen molar-refractivity contribution < 1.29 is 23.5 Å². The summed E-state index contributed by atoms with van der Waals surface area (Å²) in [4.78, 5) is 39.9. The van der Waals surface area contributed by atoms with E-state index in [1.165, 1.54) is 30.3 Å². The molecule has 0 spiro atoms. The highest BCUT2D eigenvalue weighted by molar-refractivity contribution is 9.10. The number of fused-ring (bicyclic) bond motifs is 1. The fraction of sp³-hybridized carbons (Fsp3) is 0.0357. The zero-order valence-corrected chi connectivity index (χ0v) is 21.0. The molecular formula is C28H17BrFNO4S. The average Bonchev–Trinajstić information content (AvgIpc) is 3.13. The summed E-state index contributed by atoms with van der Waals surface area (Å²) in [5.41, 5.74) is 1.51. The number of imide groups is 1. The maximum absolute atomic E-state index is 13.2. The first-order valence-electron chi connectivity index (χ1n) is 10.9. The molecule has 5 nitrogen and oxygen atoms in total. The van der Waals surface area contributed by atoms with Gasteiger partial charge in [-0.1, -0.05) is 64.5 Å². The van der Waals surface area contributed by atoms with Crippen LogP contribution in [0, 0.1) is 5.82 Å². The van der Waals surface area contributed by atoms with Gasteiger partial charge < -0.3 is 4.74 Å². The Kier molecular flexibility index (Phi) is 6.71. The number of halogens is 2. The van der Waals surface area contributed by atoms with Gasteiger partial charge in [0.15, 0.2) is 0 Å². The third-order valence-corrected chi connectivity index (χ3v) is 7.00. The number of hydrogen-bond donors (Lipinski definition) is 0. The molecule has 0 aromatic heterocycles. The van der Waals surface area contributed by atoms with E-state index in [2.05, 4.69) is 15.9 Å². The van der Waals surface area contributed by atoms with Crippen LogP contribution >= 0.6 is 27.7 Å². The molecule has 0 N–H and O–H groups in total. The minimum absolute atomic E-state index is 0.0314. The van der Waals surface area contributed by atoms with Crippen LogP contribution in [0.1, 0.15) is 21.5 Å². The van der Waals surface area contributed by atoms with Crippen molar-refractivity contribution in [3.63, 3.8) is 0 Å². The van der Waals surface area contributed by atoms with Gasteiger partial charge in [-0.15, -0.1) is 0 Å². The fourth-order valence-electron chi connectivity index (χ4n) is 3.83. The Labute approximate surface area is 218 Å². The molecule has 178 valence electrons. The monoisotopic (exact) mass is 561 g/mol. The number of carbonyl (C=O) groups excluding carboxylic acids is 3. The molecule has 0 unspecified atom stereocenters. The van der Waals surface area contributed by atoms with Gasteiger partial charge in [-0.2, -0.15) is 0 Å². The van der Waals surface area contributed by atoms with Gasteiger partial charge in [-0.3, -0.25) is 14.5 Å². The van der Waals surface area contributed by atoms with Crippen LogP contribution in [0.4, 0.5) is 9.18 Å². The lowest BCUT2D eigenvalue weighted by atomic mass is 10.0. The second-order valence-corrected chi connectivity index (χ2v) is 9.90. The molecule has 5 rings (SSSR count). The molecular weight excluding hydrogens is 545 g/mol. The summed E-state index contributed by atoms with van der Waals surface area (Å²) in [5.74, 6) is -1.15. The quantitative estimate of drug-likeness (QED) is 0.146. The van der Waals surface area contributed by atoms with Gasteiger partial charge in [0.05, 0.1) is 17.0 Å². The molecule has 36 heavy (non-hydrogen) atoms. The minimum Gasteiger partial charge on any atom is -0.422 e. The Morgan fingerprint density at radius 2 is 1.72 bits per heavy atom. The molecule has 1 aliphatic rings. The standard InChI is InChI=1S/C28H17BrFNO4S/c29-20-10-13-24(35-27(33)23-7-3-5-18-4-1-2-6-22(18)23)19(14-20)15-25-26(32)31(28(34)36-25)16-17-8-11-21(30)12-9-17/h1-15H,16H2/b25-15-. The van der Waals surface area contributed by atoms with E-state index in [1.807, 2.05) is 30.3 Å². The Bertz CT molecular complexity index is 1550. The summed E-state index contributed by atoms with van der Waals surface area (Å²) in [6.07, 6.45) is 1.53. The molecule has 0 saturated carbocycles. The van der Waals surface area contributed by atoms with Crippen molar-refractivity contribution in [2.45, 2.75) is 6.54 Å². The van der Waals surface area contributed by atoms with Crippen LogP contribution in [-0.4, -0.2) is 22.0 Å². The number of thioether (sulfide) groups is 1. The van der Waals surface area contributed by atoms with Crippen molar-refractivity contribution in [2.24, 2.45) is 0 Å². The van der Waals surface area contributed by atoms with E-state index in [-0.39, 0.29) is 17.2 Å². The Hall–Kier alpha value is -3.75. The van der Waals surface area contributed by atoms with Crippen LogP contribution in [0.2, 0.25) is 0 Å². The third-order valence-electron chi connectivity index (χ3n) is 5.60. The van der Waals surface area contributed by atoms with Crippen LogP contribution in [0.5, 0.6) is 5.75 Å². The zero-order chi connectivity index (χ0) is 25.2. The highest BCUT2D eigenvalue weighted by atomic mass is 79.9. The molecule has 1 fully saturated rings. The minimum atomic E-state index is -0.534. The number of nitrogens with zero attached hydrogens (tertiary/aromatic N) is 1. The first-order valence-corrected chi connectivity index (χ1v) is 12.5. The smallest absolute Gasteiger partial charge is 0.344 e. The van der Waals surface area contributed by atoms with Crippen molar-refractivity contribution in [3.8, 4) is 5.75 Å². The Balaban J connectivity index is 1.42. The van der Waals surface area contributed by atoms with Gasteiger partial charge in [-0.25, -0.2) is 9.18 Å². The molecule has 1 aliphatic heterocycles. The second kappa shape index (κ2) is 10.1. The number of ether oxygens (including phenoxy) is 1. The molecule has 0 atom stereocenters. The van der Waals surface area contributed by atoms with Gasteiger partial charge >= 0.3 is 5.97 Å². The average molecular weight is 562 g/mol. The van der Waals surface area contributed by atoms with Crippen molar-refractivity contribution in [2.75, 3.05) is 0 Å². The highest BCUT2D eigenvalue weighted by Gasteiger charge is 2.35. The molecule has 1 saturated heterocycles. The lowest BCUT2D eigenvalue weighted by Crippen LogP contribution is -2.27. The van der Waals surface area contributed by atoms with E-state index in [9.17, 15) is 18.8 Å². The molecule has 8 heteroatoms. The third kappa shape index (κ3) is 4.96. The number of hydrogen-bond acceptors (Lipinski definition) is 5. The van der Waals surface area contributed by atoms with Crippen LogP contribution in [-0.2, 0) is 11.3 Å². The van der Waals surface area contributed by atoms with Crippen LogP contribution in [0.15, 0.2) is 94.3 Å². The van der Waals surface area contributed by atoms with E-state index < -0.39 is 22.9 Å². The van der Waals surface area contributed by atoms with Gasteiger partial charge in [0.1, 0.15) is 11.6 Å². The Morgan fingerprint density at radius 3 is 2.53 bits per heavy atom. The van der Waals surface area contributed by atoms with Gasteiger partial charge in [-0.05, 0) is 70.6 Å². The molecule has 1 heterocycles. The summed E-state index contributed by atoms with van der Waals surface area (Å²) in [6, 6.07) is 23.6. The van der Waals surface area contributed by atoms with Gasteiger partial charge in [0, 0.05) is 10.0 Å². The molecule has 4 aromatic carbocycles. The highest BCUT2D eigenvalue weighted by Crippen LogP contribution is 2.36. The van der Waals surface area contributed by atoms with Gasteiger partial charge in [0.2, 0.25) is 0 Å². The summed E-state index contributed by atoms with van der Waals surface area (Å²) >= 11 is 4.21. The molecule has 0 bridgehead atoms. The number of carbonyl (C=O) groups is 3. The van der Waals surface area contributed by atoms with Crippen LogP contribution in [0.25, 0.3) is 16.8 Å². The van der Waals surface area contributed by atoms with E-state index in [0.717, 1.165) is 27.4 Å². The summed E-state index contributed by atoms with van der Waals surface area (Å²) in [5, 5.41) is 1.25. The molecule has 4 aromatic rings. The molecule has 0 aliphatic carbocycles. The number of esters is 1. The summed E-state index contributed by atoms with van der Waals surface area (Å²) in [7, 11) is 0. The predicted molar refractivity (Wildman–Crippen MR) is 141 cm³/mol. The van der Waals surface area contributed by atoms with Crippen LogP contribution in [0.3, 0.4) is 0 Å². The summed E-state index contributed by atoms with van der Waals surface area (Å²) < 4.78 is 19.7. The van der Waals surface area contributed by atoms with Crippen LogP contribution < -0.4 is 4.74 Å². The van der Waals surface area contributed by atoms with Gasteiger partial charge in [0.25, 0.3) is 11.1 Å². The predicted octanol–water partition coefficient (Wildman–Crippen LogP) is 7.20. The SMILES string of the molecule is O=C(Oc1ccc(Br)cc1/C=C1\SC(=O)N(Cc2ccc(F)cc2)C1=O)c1cccc2ccccc12. The summed E-state index contributed by atoms with van der Waals surface area (Å²) in [6.45, 7) is 0.0314. The zero-order valence-electron chi connectivity index (χ0n) is 18.6.